The van der Waals surface area contributed by atoms with Crippen molar-refractivity contribution in [1.82, 2.24) is 0 Å². The van der Waals surface area contributed by atoms with Crippen LogP contribution in [0.4, 0.5) is 18.9 Å². The molecule has 2 N–H and O–H groups in total. The fraction of sp³-hybridized carbons (Fsp3) is 0.250. The summed E-state index contributed by atoms with van der Waals surface area (Å²) in [5, 5.41) is 20.9. The van der Waals surface area contributed by atoms with E-state index in [1.54, 1.807) is 6.07 Å². The second kappa shape index (κ2) is 10.0. The van der Waals surface area contributed by atoms with Gasteiger partial charge in [0, 0.05) is 18.5 Å². The molecule has 1 aromatic rings. The molecule has 0 radical (unpaired) electrons. The zero-order valence-electron chi connectivity index (χ0n) is 12.9. The van der Waals surface area contributed by atoms with Crippen LogP contribution in [0, 0.1) is 23.7 Å². The normalized spacial score (nSPS) is 11.4. The van der Waals surface area contributed by atoms with Crippen molar-refractivity contribution in [3.05, 3.63) is 41.2 Å². The van der Waals surface area contributed by atoms with Gasteiger partial charge in [-0.25, -0.2) is 0 Å². The largest absolute Gasteiger partial charge is 1.00 e. The smallest absolute Gasteiger partial charge is 0.511 e. The number of carbonyl (C=O) groups excluding carboxylic acids is 1. The van der Waals surface area contributed by atoms with Crippen LogP contribution in [0.15, 0.2) is 35.6 Å². The predicted octanol–water partition coefficient (Wildman–Crippen LogP) is 0.787. The number of carbonyl (C=O) groups is 1. The SMILES string of the molecule is C#CCC/C(O)=C(\C#N)CC(=O)Nc1ccc(C(F)(F)F)cc1.[Na+]. The molecule has 0 aliphatic rings. The summed E-state index contributed by atoms with van der Waals surface area (Å²) >= 11 is 0. The van der Waals surface area contributed by atoms with E-state index in [1.165, 1.54) is 0 Å². The number of alkyl halides is 3. The monoisotopic (exact) mass is 345 g/mol. The number of halogens is 3. The molecule has 0 atom stereocenters. The van der Waals surface area contributed by atoms with Crippen molar-refractivity contribution < 1.29 is 52.6 Å². The van der Waals surface area contributed by atoms with E-state index in [0.717, 1.165) is 24.3 Å². The number of hydrogen-bond donors (Lipinski definition) is 2. The number of rotatable bonds is 5. The Hall–Kier alpha value is -1.93. The first-order chi connectivity index (χ1) is 10.8. The Labute approximate surface area is 159 Å². The van der Waals surface area contributed by atoms with Crippen LogP contribution in [0.3, 0.4) is 0 Å². The van der Waals surface area contributed by atoms with Gasteiger partial charge in [-0.2, -0.15) is 18.4 Å². The summed E-state index contributed by atoms with van der Waals surface area (Å²) in [6, 6.07) is 5.59. The molecule has 0 spiro atoms. The summed E-state index contributed by atoms with van der Waals surface area (Å²) < 4.78 is 37.3. The Morgan fingerprint density at radius 3 is 2.33 bits per heavy atom. The van der Waals surface area contributed by atoms with Gasteiger partial charge in [0.25, 0.3) is 0 Å². The maximum absolute atomic E-state index is 12.4. The molecule has 0 saturated heterocycles. The van der Waals surface area contributed by atoms with Gasteiger partial charge in [-0.3, -0.25) is 4.79 Å². The van der Waals surface area contributed by atoms with Crippen molar-refractivity contribution in [1.29, 1.82) is 5.26 Å². The molecule has 8 heteroatoms. The summed E-state index contributed by atoms with van der Waals surface area (Å²) in [6.45, 7) is 0. The quantitative estimate of drug-likeness (QED) is 0.359. The molecule has 24 heavy (non-hydrogen) atoms. The van der Waals surface area contributed by atoms with Gasteiger partial charge in [0.1, 0.15) is 5.76 Å². The summed E-state index contributed by atoms with van der Waals surface area (Å²) in [5.41, 5.74) is -0.812. The van der Waals surface area contributed by atoms with Gasteiger partial charge in [0.05, 0.1) is 23.6 Å². The van der Waals surface area contributed by atoms with E-state index >= 15 is 0 Å². The third-order valence-electron chi connectivity index (χ3n) is 2.82. The summed E-state index contributed by atoms with van der Waals surface area (Å²) in [7, 11) is 0. The van der Waals surface area contributed by atoms with Crippen LogP contribution in [0.25, 0.3) is 0 Å². The molecule has 0 aliphatic heterocycles. The van der Waals surface area contributed by atoms with Crippen LogP contribution in [-0.4, -0.2) is 11.0 Å². The Bertz CT molecular complexity index is 683. The molecule has 0 unspecified atom stereocenters. The van der Waals surface area contributed by atoms with Gasteiger partial charge in [-0.05, 0) is 24.3 Å². The van der Waals surface area contributed by atoms with Gasteiger partial charge in [-0.1, -0.05) is 0 Å². The molecule has 0 saturated carbocycles. The molecule has 120 valence electrons. The number of allylic oxidation sites excluding steroid dienone is 1. The fourth-order valence-corrected chi connectivity index (χ4v) is 1.66. The average molecular weight is 345 g/mol. The van der Waals surface area contributed by atoms with Crippen LogP contribution in [-0.2, 0) is 11.0 Å². The van der Waals surface area contributed by atoms with Crippen molar-refractivity contribution in [2.75, 3.05) is 5.32 Å². The van der Waals surface area contributed by atoms with Gasteiger partial charge >= 0.3 is 35.7 Å². The second-order valence-corrected chi connectivity index (χ2v) is 4.54. The zero-order chi connectivity index (χ0) is 17.5. The number of anilines is 1. The summed E-state index contributed by atoms with van der Waals surface area (Å²) in [4.78, 5) is 11.8. The third-order valence-corrected chi connectivity index (χ3v) is 2.82. The van der Waals surface area contributed by atoms with Crippen molar-refractivity contribution in [3.8, 4) is 18.4 Å². The standard InChI is InChI=1S/C16H13F3N2O2.Na/c1-2-3-4-14(22)11(10-20)9-15(23)21-13-7-5-12(6-8-13)16(17,18)19;/h1,5-8,22H,3-4,9H2,(H,21,23);/q;+1/b14-11+;. The number of aliphatic hydroxyl groups excluding tert-OH is 1. The van der Waals surface area contributed by atoms with Gasteiger partial charge in [0.2, 0.25) is 5.91 Å². The van der Waals surface area contributed by atoms with Gasteiger partial charge in [-0.15, -0.1) is 12.3 Å². The molecule has 1 rings (SSSR count). The van der Waals surface area contributed by atoms with E-state index < -0.39 is 24.1 Å². The Balaban J connectivity index is 0.00000529. The minimum Gasteiger partial charge on any atom is -0.511 e. The molecule has 1 amide bonds. The van der Waals surface area contributed by atoms with E-state index in [9.17, 15) is 23.1 Å². The van der Waals surface area contributed by atoms with Crippen LogP contribution >= 0.6 is 0 Å². The van der Waals surface area contributed by atoms with Crippen LogP contribution in [0.1, 0.15) is 24.8 Å². The van der Waals surface area contributed by atoms with E-state index in [1.807, 2.05) is 0 Å². The molecular weight excluding hydrogens is 332 g/mol. The van der Waals surface area contributed by atoms with Crippen molar-refractivity contribution in [2.24, 2.45) is 0 Å². The number of benzene rings is 1. The first-order valence-electron chi connectivity index (χ1n) is 6.49. The van der Waals surface area contributed by atoms with Crippen molar-refractivity contribution in [3.63, 3.8) is 0 Å². The molecule has 0 bridgehead atoms. The zero-order valence-corrected chi connectivity index (χ0v) is 14.9. The third kappa shape index (κ3) is 7.10. The van der Waals surface area contributed by atoms with E-state index in [0.29, 0.717) is 0 Å². The molecule has 0 fully saturated rings. The van der Waals surface area contributed by atoms with Crippen LogP contribution in [0.2, 0.25) is 0 Å². The molecular formula is C16H13F3N2NaO2+. The molecule has 1 aromatic carbocycles. The minimum absolute atomic E-state index is 0. The summed E-state index contributed by atoms with van der Waals surface area (Å²) in [6.07, 6.45) is 0.484. The number of nitriles is 1. The number of terminal acetylenes is 1. The number of aliphatic hydroxyl groups is 1. The van der Waals surface area contributed by atoms with Crippen molar-refractivity contribution >= 4 is 11.6 Å². The van der Waals surface area contributed by atoms with E-state index in [-0.39, 0.29) is 59.4 Å². The topological polar surface area (TPSA) is 73.1 Å². The molecule has 0 aromatic heterocycles. The van der Waals surface area contributed by atoms with Gasteiger partial charge in [0.15, 0.2) is 0 Å². The molecule has 0 aliphatic carbocycles. The maximum Gasteiger partial charge on any atom is 1.00 e. The summed E-state index contributed by atoms with van der Waals surface area (Å²) in [5.74, 6) is 1.39. The molecule has 0 heterocycles. The average Bonchev–Trinajstić information content (AvgIpc) is 2.49. The Kier molecular flexibility index (Phi) is 9.24. The van der Waals surface area contributed by atoms with E-state index in [2.05, 4.69) is 11.2 Å². The van der Waals surface area contributed by atoms with Crippen LogP contribution in [0.5, 0.6) is 0 Å². The first kappa shape index (κ1) is 22.1. The fourth-order valence-electron chi connectivity index (χ4n) is 1.66. The molecule has 4 nitrogen and oxygen atoms in total. The number of hydrogen-bond acceptors (Lipinski definition) is 3. The van der Waals surface area contributed by atoms with E-state index in [4.69, 9.17) is 11.7 Å². The Morgan fingerprint density at radius 1 is 1.29 bits per heavy atom. The van der Waals surface area contributed by atoms with Gasteiger partial charge < -0.3 is 10.4 Å². The predicted molar refractivity (Wildman–Crippen MR) is 78.0 cm³/mol. The van der Waals surface area contributed by atoms with Crippen molar-refractivity contribution in [2.45, 2.75) is 25.4 Å². The number of nitrogens with zero attached hydrogens (tertiary/aromatic N) is 1. The first-order valence-corrected chi connectivity index (χ1v) is 6.49. The number of amides is 1. The minimum atomic E-state index is -4.46. The Morgan fingerprint density at radius 2 is 1.88 bits per heavy atom. The maximum atomic E-state index is 12.4. The van der Waals surface area contributed by atoms with Crippen LogP contribution < -0.4 is 34.9 Å². The number of nitrogens with one attached hydrogen (secondary N) is 1. The second-order valence-electron chi connectivity index (χ2n) is 4.54.